The topological polar surface area (TPSA) is 71.1 Å². The lowest BCUT2D eigenvalue weighted by Gasteiger charge is -2.28. The summed E-state index contributed by atoms with van der Waals surface area (Å²) in [7, 11) is 0. The number of benzene rings is 1. The summed E-state index contributed by atoms with van der Waals surface area (Å²) in [5.41, 5.74) is 0.794. The summed E-state index contributed by atoms with van der Waals surface area (Å²) in [4.78, 5) is 29.0. The van der Waals surface area contributed by atoms with Gasteiger partial charge in [0, 0.05) is 12.1 Å². The maximum atomic E-state index is 12.4. The van der Waals surface area contributed by atoms with Crippen molar-refractivity contribution in [1.82, 2.24) is 15.6 Å². The van der Waals surface area contributed by atoms with Crippen molar-refractivity contribution in [3.8, 4) is 10.6 Å². The van der Waals surface area contributed by atoms with Crippen molar-refractivity contribution in [1.29, 1.82) is 0 Å². The van der Waals surface area contributed by atoms with E-state index in [2.05, 4.69) is 15.6 Å². The maximum Gasteiger partial charge on any atom is 0.263 e. The number of amides is 2. The third-order valence-electron chi connectivity index (χ3n) is 3.87. The molecule has 2 unspecified atom stereocenters. The van der Waals surface area contributed by atoms with Gasteiger partial charge in [-0.1, -0.05) is 36.7 Å². The first-order valence-electron chi connectivity index (χ1n) is 7.35. The summed E-state index contributed by atoms with van der Waals surface area (Å²) in [5.74, 6) is -0.300. The molecular weight excluding hydrogens is 334 g/mol. The third-order valence-corrected chi connectivity index (χ3v) is 5.23. The van der Waals surface area contributed by atoms with Crippen LogP contribution in [-0.4, -0.2) is 29.4 Å². The molecule has 1 aromatic heterocycles. The van der Waals surface area contributed by atoms with E-state index < -0.39 is 6.04 Å². The minimum absolute atomic E-state index is 0.114. The number of nitrogens with one attached hydrogen (secondary N) is 2. The molecule has 1 aliphatic rings. The van der Waals surface area contributed by atoms with E-state index in [1.54, 1.807) is 6.07 Å². The van der Waals surface area contributed by atoms with E-state index in [4.69, 9.17) is 11.6 Å². The first kappa shape index (κ1) is 16.0. The molecule has 1 aromatic carbocycles. The Morgan fingerprint density at radius 1 is 1.43 bits per heavy atom. The molecule has 2 amide bonds. The van der Waals surface area contributed by atoms with Crippen molar-refractivity contribution in [3.63, 3.8) is 0 Å². The van der Waals surface area contributed by atoms with E-state index in [1.807, 2.05) is 25.1 Å². The van der Waals surface area contributed by atoms with Crippen molar-refractivity contribution < 1.29 is 9.59 Å². The summed E-state index contributed by atoms with van der Waals surface area (Å²) >= 11 is 7.41. The van der Waals surface area contributed by atoms with Crippen LogP contribution in [0.25, 0.3) is 10.6 Å². The summed E-state index contributed by atoms with van der Waals surface area (Å²) in [6, 6.07) is 6.86. The minimum Gasteiger partial charge on any atom is -0.354 e. The predicted molar refractivity (Wildman–Crippen MR) is 90.6 cm³/mol. The highest BCUT2D eigenvalue weighted by Gasteiger charge is 2.30. The lowest BCUT2D eigenvalue weighted by molar-refractivity contribution is -0.125. The second kappa shape index (κ2) is 6.68. The molecule has 5 nitrogen and oxygen atoms in total. The summed E-state index contributed by atoms with van der Waals surface area (Å²) < 4.78 is 0. The average molecular weight is 350 g/mol. The first-order valence-corrected chi connectivity index (χ1v) is 8.55. The highest BCUT2D eigenvalue weighted by Crippen LogP contribution is 2.31. The maximum absolute atomic E-state index is 12.4. The molecule has 1 fully saturated rings. The largest absolute Gasteiger partial charge is 0.354 e. The fourth-order valence-corrected chi connectivity index (χ4v) is 3.66. The van der Waals surface area contributed by atoms with Crippen molar-refractivity contribution >= 4 is 34.8 Å². The number of thiazole rings is 1. The molecule has 2 heterocycles. The van der Waals surface area contributed by atoms with Gasteiger partial charge < -0.3 is 10.6 Å². The Labute approximate surface area is 143 Å². The van der Waals surface area contributed by atoms with Crippen LogP contribution in [0.5, 0.6) is 0 Å². The van der Waals surface area contributed by atoms with Crippen LogP contribution in [0.15, 0.2) is 30.5 Å². The molecule has 1 saturated heterocycles. The zero-order valence-corrected chi connectivity index (χ0v) is 14.1. The lowest BCUT2D eigenvalue weighted by atomic mass is 9.94. The molecule has 7 heteroatoms. The number of hydrogen-bond acceptors (Lipinski definition) is 4. The number of rotatable bonds is 3. The molecule has 1 aliphatic heterocycles. The van der Waals surface area contributed by atoms with Crippen LogP contribution in [0.4, 0.5) is 0 Å². The van der Waals surface area contributed by atoms with Gasteiger partial charge in [0.15, 0.2) is 0 Å². The Morgan fingerprint density at radius 2 is 2.22 bits per heavy atom. The highest BCUT2D eigenvalue weighted by atomic mass is 35.5. The number of nitrogens with zero attached hydrogens (tertiary/aromatic N) is 1. The molecule has 0 saturated carbocycles. The van der Waals surface area contributed by atoms with E-state index >= 15 is 0 Å². The number of carbonyl (C=O) groups excluding carboxylic acids is 2. The van der Waals surface area contributed by atoms with Crippen LogP contribution in [0.3, 0.4) is 0 Å². The van der Waals surface area contributed by atoms with Gasteiger partial charge >= 0.3 is 0 Å². The zero-order chi connectivity index (χ0) is 16.4. The van der Waals surface area contributed by atoms with Crippen molar-refractivity contribution in [2.24, 2.45) is 5.92 Å². The van der Waals surface area contributed by atoms with Gasteiger partial charge in [0.05, 0.1) is 11.2 Å². The third kappa shape index (κ3) is 3.38. The number of piperidine rings is 1. The van der Waals surface area contributed by atoms with Gasteiger partial charge in [-0.05, 0) is 18.4 Å². The van der Waals surface area contributed by atoms with E-state index in [-0.39, 0.29) is 17.7 Å². The van der Waals surface area contributed by atoms with Gasteiger partial charge in [-0.15, -0.1) is 11.3 Å². The summed E-state index contributed by atoms with van der Waals surface area (Å²) in [5, 5.41) is 6.85. The monoisotopic (exact) mass is 349 g/mol. The average Bonchev–Trinajstić information content (AvgIpc) is 3.01. The molecule has 23 heavy (non-hydrogen) atoms. The Hall–Kier alpha value is -1.92. The van der Waals surface area contributed by atoms with Crippen LogP contribution in [-0.2, 0) is 4.79 Å². The normalized spacial score (nSPS) is 20.9. The van der Waals surface area contributed by atoms with Crippen molar-refractivity contribution in [2.75, 3.05) is 6.54 Å². The van der Waals surface area contributed by atoms with Crippen LogP contribution in [0.2, 0.25) is 5.02 Å². The van der Waals surface area contributed by atoms with E-state index in [9.17, 15) is 9.59 Å². The fraction of sp³-hybridized carbons (Fsp3) is 0.312. The van der Waals surface area contributed by atoms with Crippen LogP contribution < -0.4 is 10.6 Å². The molecular formula is C16H16ClN3O2S. The molecule has 2 N–H and O–H groups in total. The standard InChI is InChI=1S/C16H16ClN3O2S/c1-9-6-7-18-15(22)13(9)20-14(21)12-8-19-16(23-12)10-4-2-3-5-11(10)17/h2-5,8-9,13H,6-7H2,1H3,(H,18,22)(H,20,21). The first-order chi connectivity index (χ1) is 11.1. The smallest absolute Gasteiger partial charge is 0.263 e. The number of hydrogen-bond donors (Lipinski definition) is 2. The lowest BCUT2D eigenvalue weighted by Crippen LogP contribution is -2.54. The van der Waals surface area contributed by atoms with Crippen molar-refractivity contribution in [2.45, 2.75) is 19.4 Å². The molecule has 0 spiro atoms. The van der Waals surface area contributed by atoms with E-state index in [0.29, 0.717) is 21.5 Å². The van der Waals surface area contributed by atoms with E-state index in [0.717, 1.165) is 12.0 Å². The molecule has 2 aromatic rings. The molecule has 2 atom stereocenters. The molecule has 3 rings (SSSR count). The quantitative estimate of drug-likeness (QED) is 0.895. The predicted octanol–water partition coefficient (Wildman–Crippen LogP) is 2.72. The Balaban J connectivity index is 1.76. The summed E-state index contributed by atoms with van der Waals surface area (Å²) in [6.07, 6.45) is 2.37. The fourth-order valence-electron chi connectivity index (χ4n) is 2.52. The van der Waals surface area contributed by atoms with Crippen LogP contribution in [0, 0.1) is 5.92 Å². The van der Waals surface area contributed by atoms with E-state index in [1.165, 1.54) is 17.5 Å². The zero-order valence-electron chi connectivity index (χ0n) is 12.5. The Kier molecular flexibility index (Phi) is 4.63. The molecule has 120 valence electrons. The van der Waals surface area contributed by atoms with Gasteiger partial charge in [-0.3, -0.25) is 9.59 Å². The van der Waals surface area contributed by atoms with Crippen LogP contribution in [0.1, 0.15) is 23.0 Å². The number of carbonyl (C=O) groups is 2. The van der Waals surface area contributed by atoms with Gasteiger partial charge in [0.1, 0.15) is 15.9 Å². The Bertz CT molecular complexity index is 746. The van der Waals surface area contributed by atoms with Gasteiger partial charge in [-0.2, -0.15) is 0 Å². The minimum atomic E-state index is -0.498. The second-order valence-electron chi connectivity index (χ2n) is 5.52. The van der Waals surface area contributed by atoms with Gasteiger partial charge in [0.25, 0.3) is 5.91 Å². The molecule has 0 radical (unpaired) electrons. The number of aromatic nitrogens is 1. The number of halogens is 1. The SMILES string of the molecule is CC1CCNC(=O)C1NC(=O)c1cnc(-c2ccccc2Cl)s1. The van der Waals surface area contributed by atoms with Gasteiger partial charge in [0.2, 0.25) is 5.91 Å². The Morgan fingerprint density at radius 3 is 2.96 bits per heavy atom. The van der Waals surface area contributed by atoms with Gasteiger partial charge in [-0.25, -0.2) is 4.98 Å². The molecule has 0 bridgehead atoms. The second-order valence-corrected chi connectivity index (χ2v) is 6.96. The van der Waals surface area contributed by atoms with Crippen molar-refractivity contribution in [3.05, 3.63) is 40.4 Å². The molecule has 0 aliphatic carbocycles. The van der Waals surface area contributed by atoms with Crippen LogP contribution >= 0.6 is 22.9 Å². The summed E-state index contributed by atoms with van der Waals surface area (Å²) in [6.45, 7) is 2.62. The highest BCUT2D eigenvalue weighted by molar-refractivity contribution is 7.17.